The molecule has 0 saturated carbocycles. The summed E-state index contributed by atoms with van der Waals surface area (Å²) in [4.78, 5) is 50.6. The Morgan fingerprint density at radius 2 is 1.54 bits per heavy atom. The smallest absolute Gasteiger partial charge is 0.326 e. The molecule has 0 aliphatic carbocycles. The van der Waals surface area contributed by atoms with Gasteiger partial charge in [0.15, 0.2) is 0 Å². The number of benzene rings is 2. The number of carboxylic acids is 1. The van der Waals surface area contributed by atoms with Gasteiger partial charge in [-0.3, -0.25) is 14.4 Å². The largest absolute Gasteiger partial charge is 0.480 e. The minimum atomic E-state index is -1.46. The number of hydrogen-bond acceptors (Lipinski definition) is 4. The Morgan fingerprint density at radius 3 is 2.09 bits per heavy atom. The number of carbonyl (C=O) groups excluding carboxylic acids is 3. The molecule has 0 fully saturated rings. The van der Waals surface area contributed by atoms with Crippen LogP contribution >= 0.6 is 15.9 Å². The summed E-state index contributed by atoms with van der Waals surface area (Å²) in [6, 6.07) is 13.7. The van der Waals surface area contributed by atoms with Crippen LogP contribution in [0, 0.1) is 5.92 Å². The summed E-state index contributed by atoms with van der Waals surface area (Å²) in [6.07, 6.45) is 0.378. The van der Waals surface area contributed by atoms with Crippen molar-refractivity contribution in [1.29, 1.82) is 0 Å². The molecule has 0 radical (unpaired) electrons. The molecule has 0 heterocycles. The Bertz CT molecular complexity index is 1040. The van der Waals surface area contributed by atoms with Crippen LogP contribution in [0.4, 0.5) is 0 Å². The van der Waals surface area contributed by atoms with Crippen molar-refractivity contribution >= 4 is 39.6 Å². The number of carbonyl (C=O) groups is 4. The number of aliphatic carboxylic acids is 1. The molecule has 3 atom stereocenters. The van der Waals surface area contributed by atoms with Gasteiger partial charge in [-0.25, -0.2) is 4.79 Å². The van der Waals surface area contributed by atoms with E-state index < -0.39 is 41.3 Å². The van der Waals surface area contributed by atoms with Gasteiger partial charge >= 0.3 is 5.97 Å². The SMILES string of the molecule is CC(C)C[C@H](NC(=O)[C@](C)(Cc1ccccc1)NC(=O)[C@H](C)NC(=O)c1ccc(Br)cc1)C(=O)O. The van der Waals surface area contributed by atoms with E-state index in [2.05, 4.69) is 31.9 Å². The van der Waals surface area contributed by atoms with E-state index in [9.17, 15) is 24.3 Å². The topological polar surface area (TPSA) is 125 Å². The molecule has 2 aromatic carbocycles. The average Bonchev–Trinajstić information content (AvgIpc) is 2.79. The second-order valence-corrected chi connectivity index (χ2v) is 10.1. The summed E-state index contributed by atoms with van der Waals surface area (Å²) < 4.78 is 0.819. The quantitative estimate of drug-likeness (QED) is 0.344. The molecule has 0 aliphatic rings. The average molecular weight is 546 g/mol. The molecule has 3 amide bonds. The molecule has 188 valence electrons. The molecule has 0 spiro atoms. The Balaban J connectivity index is 2.21. The maximum Gasteiger partial charge on any atom is 0.326 e. The van der Waals surface area contributed by atoms with Gasteiger partial charge in [-0.05, 0) is 56.0 Å². The summed E-state index contributed by atoms with van der Waals surface area (Å²) in [5, 5.41) is 17.5. The molecule has 8 nitrogen and oxygen atoms in total. The fraction of sp³-hybridized carbons (Fsp3) is 0.385. The first-order chi connectivity index (χ1) is 16.4. The van der Waals surface area contributed by atoms with E-state index in [0.29, 0.717) is 5.56 Å². The van der Waals surface area contributed by atoms with E-state index in [-0.39, 0.29) is 18.8 Å². The second kappa shape index (κ2) is 12.5. The van der Waals surface area contributed by atoms with Gasteiger partial charge < -0.3 is 21.1 Å². The normalized spacial score (nSPS) is 14.3. The summed E-state index contributed by atoms with van der Waals surface area (Å²) >= 11 is 3.31. The van der Waals surface area contributed by atoms with Crippen molar-refractivity contribution in [3.8, 4) is 0 Å². The van der Waals surface area contributed by atoms with Gasteiger partial charge in [0.1, 0.15) is 17.6 Å². The van der Waals surface area contributed by atoms with E-state index in [1.807, 2.05) is 44.2 Å². The molecule has 0 bridgehead atoms. The molecule has 2 rings (SSSR count). The Hall–Kier alpha value is -3.20. The summed E-state index contributed by atoms with van der Waals surface area (Å²) in [7, 11) is 0. The molecule has 0 aliphatic heterocycles. The van der Waals surface area contributed by atoms with Gasteiger partial charge in [0.2, 0.25) is 11.8 Å². The zero-order valence-electron chi connectivity index (χ0n) is 20.3. The zero-order valence-corrected chi connectivity index (χ0v) is 21.9. The van der Waals surface area contributed by atoms with Crippen LogP contribution < -0.4 is 16.0 Å². The highest BCUT2D eigenvalue weighted by molar-refractivity contribution is 9.10. The van der Waals surface area contributed by atoms with Crippen LogP contribution in [0.15, 0.2) is 59.1 Å². The molecule has 0 aromatic heterocycles. The lowest BCUT2D eigenvalue weighted by atomic mass is 9.90. The van der Waals surface area contributed by atoms with Crippen molar-refractivity contribution in [3.05, 3.63) is 70.2 Å². The van der Waals surface area contributed by atoms with Gasteiger partial charge in [-0.15, -0.1) is 0 Å². The Morgan fingerprint density at radius 1 is 0.943 bits per heavy atom. The van der Waals surface area contributed by atoms with Crippen LogP contribution in [0.2, 0.25) is 0 Å². The predicted molar refractivity (Wildman–Crippen MR) is 137 cm³/mol. The highest BCUT2D eigenvalue weighted by Gasteiger charge is 2.38. The zero-order chi connectivity index (χ0) is 26.2. The fourth-order valence-corrected chi connectivity index (χ4v) is 3.79. The molecule has 0 unspecified atom stereocenters. The van der Waals surface area contributed by atoms with Crippen molar-refractivity contribution in [2.75, 3.05) is 0 Å². The van der Waals surface area contributed by atoms with Gasteiger partial charge in [-0.1, -0.05) is 60.1 Å². The molecule has 35 heavy (non-hydrogen) atoms. The van der Waals surface area contributed by atoms with Crippen LogP contribution in [0.5, 0.6) is 0 Å². The lowest BCUT2D eigenvalue weighted by Gasteiger charge is -2.32. The first-order valence-electron chi connectivity index (χ1n) is 11.4. The molecule has 4 N–H and O–H groups in total. The number of nitrogens with one attached hydrogen (secondary N) is 3. The van der Waals surface area contributed by atoms with E-state index >= 15 is 0 Å². The van der Waals surface area contributed by atoms with Crippen molar-refractivity contribution in [3.63, 3.8) is 0 Å². The second-order valence-electron chi connectivity index (χ2n) is 9.18. The molecule has 0 saturated heterocycles. The van der Waals surface area contributed by atoms with E-state index in [4.69, 9.17) is 0 Å². The monoisotopic (exact) mass is 545 g/mol. The van der Waals surface area contributed by atoms with Crippen molar-refractivity contribution in [1.82, 2.24) is 16.0 Å². The standard InChI is InChI=1S/C26H32BrN3O5/c1-16(2)14-21(24(33)34)29-25(35)26(4,15-18-8-6-5-7-9-18)30-22(31)17(3)28-23(32)19-10-12-20(27)13-11-19/h5-13,16-17,21H,14-15H2,1-4H3,(H,28,32)(H,29,35)(H,30,31)(H,33,34)/t17-,21-,26-/m0/s1. The maximum atomic E-state index is 13.3. The fourth-order valence-electron chi connectivity index (χ4n) is 3.52. The van der Waals surface area contributed by atoms with Gasteiger partial charge in [-0.2, -0.15) is 0 Å². The Labute approximate surface area is 214 Å². The maximum absolute atomic E-state index is 13.3. The lowest BCUT2D eigenvalue weighted by molar-refractivity contribution is -0.143. The third-order valence-electron chi connectivity index (χ3n) is 5.46. The summed E-state index contributed by atoms with van der Waals surface area (Å²) in [5.74, 6) is -2.72. The van der Waals surface area contributed by atoms with E-state index in [0.717, 1.165) is 10.0 Å². The number of rotatable bonds is 11. The molecular formula is C26H32BrN3O5. The van der Waals surface area contributed by atoms with Crippen molar-refractivity contribution in [2.24, 2.45) is 5.92 Å². The van der Waals surface area contributed by atoms with E-state index in [1.165, 1.54) is 6.92 Å². The summed E-state index contributed by atoms with van der Waals surface area (Å²) in [5.41, 5.74) is -0.289. The third-order valence-corrected chi connectivity index (χ3v) is 5.99. The highest BCUT2D eigenvalue weighted by Crippen LogP contribution is 2.16. The van der Waals surface area contributed by atoms with Crippen LogP contribution in [0.3, 0.4) is 0 Å². The number of hydrogen-bond donors (Lipinski definition) is 4. The Kier molecular flexibility index (Phi) is 10.0. The van der Waals surface area contributed by atoms with Crippen LogP contribution in [-0.4, -0.2) is 46.4 Å². The summed E-state index contributed by atoms with van der Waals surface area (Å²) in [6.45, 7) is 6.79. The van der Waals surface area contributed by atoms with Gasteiger partial charge in [0.05, 0.1) is 0 Å². The highest BCUT2D eigenvalue weighted by atomic mass is 79.9. The third kappa shape index (κ3) is 8.51. The van der Waals surface area contributed by atoms with E-state index in [1.54, 1.807) is 31.2 Å². The van der Waals surface area contributed by atoms with Crippen molar-refractivity contribution < 1.29 is 24.3 Å². The van der Waals surface area contributed by atoms with Crippen LogP contribution in [0.1, 0.15) is 50.0 Å². The molecule has 9 heteroatoms. The lowest BCUT2D eigenvalue weighted by Crippen LogP contribution is -2.63. The van der Waals surface area contributed by atoms with Gasteiger partial charge in [0.25, 0.3) is 5.91 Å². The van der Waals surface area contributed by atoms with Gasteiger partial charge in [0, 0.05) is 16.5 Å². The first kappa shape index (κ1) is 28.0. The minimum absolute atomic E-state index is 0.0419. The number of carboxylic acid groups (broad SMARTS) is 1. The van der Waals surface area contributed by atoms with Crippen LogP contribution in [0.25, 0.3) is 0 Å². The first-order valence-corrected chi connectivity index (χ1v) is 12.2. The predicted octanol–water partition coefficient (Wildman–Crippen LogP) is 3.30. The minimum Gasteiger partial charge on any atom is -0.480 e. The number of halogens is 1. The molecule has 2 aromatic rings. The van der Waals surface area contributed by atoms with Crippen LogP contribution in [-0.2, 0) is 20.8 Å². The molecular weight excluding hydrogens is 514 g/mol. The van der Waals surface area contributed by atoms with Crippen molar-refractivity contribution in [2.45, 2.75) is 58.2 Å². The number of amides is 3.